The number of rotatable bonds is 5. The minimum absolute atomic E-state index is 0.0222. The van der Waals surface area contributed by atoms with Gasteiger partial charge in [-0.1, -0.05) is 0 Å². The highest BCUT2D eigenvalue weighted by molar-refractivity contribution is 7.92. The second-order valence-corrected chi connectivity index (χ2v) is 4.73. The standard InChI is InChI=1S/C8H10F2N2O3S/c1-15-4-5-16(13,14)12-6-2-3-7(9)11-8(6)10/h2-3,12H,4-5H2,1H3. The van der Waals surface area contributed by atoms with E-state index in [4.69, 9.17) is 0 Å². The largest absolute Gasteiger partial charge is 0.384 e. The monoisotopic (exact) mass is 252 g/mol. The van der Waals surface area contributed by atoms with Gasteiger partial charge in [-0.2, -0.15) is 13.8 Å². The van der Waals surface area contributed by atoms with Gasteiger partial charge in [0.1, 0.15) is 5.69 Å². The van der Waals surface area contributed by atoms with Crippen molar-refractivity contribution in [2.75, 3.05) is 24.2 Å². The average Bonchev–Trinajstić information content (AvgIpc) is 2.19. The van der Waals surface area contributed by atoms with Crippen LogP contribution in [0.15, 0.2) is 12.1 Å². The topological polar surface area (TPSA) is 68.3 Å². The van der Waals surface area contributed by atoms with Crippen LogP contribution in [0.4, 0.5) is 14.5 Å². The molecule has 0 fully saturated rings. The minimum Gasteiger partial charge on any atom is -0.384 e. The van der Waals surface area contributed by atoms with E-state index < -0.39 is 27.6 Å². The first-order valence-corrected chi connectivity index (χ1v) is 5.91. The fourth-order valence-electron chi connectivity index (χ4n) is 0.900. The molecule has 0 amide bonds. The molecule has 0 bridgehead atoms. The first kappa shape index (κ1) is 12.8. The highest BCUT2D eigenvalue weighted by Crippen LogP contribution is 2.13. The van der Waals surface area contributed by atoms with Crippen molar-refractivity contribution >= 4 is 15.7 Å². The van der Waals surface area contributed by atoms with Crippen molar-refractivity contribution in [2.24, 2.45) is 0 Å². The molecule has 8 heteroatoms. The lowest BCUT2D eigenvalue weighted by Crippen LogP contribution is -2.20. The molecule has 0 aromatic carbocycles. The number of hydrogen-bond acceptors (Lipinski definition) is 4. The number of pyridine rings is 1. The quantitative estimate of drug-likeness (QED) is 0.785. The van der Waals surface area contributed by atoms with Crippen molar-refractivity contribution in [1.29, 1.82) is 0 Å². The van der Waals surface area contributed by atoms with Gasteiger partial charge < -0.3 is 4.74 Å². The molecule has 1 aromatic heterocycles. The maximum absolute atomic E-state index is 13.0. The minimum atomic E-state index is -3.71. The van der Waals surface area contributed by atoms with Gasteiger partial charge in [0.25, 0.3) is 0 Å². The van der Waals surface area contributed by atoms with E-state index in [0.717, 1.165) is 12.1 Å². The molecule has 16 heavy (non-hydrogen) atoms. The summed E-state index contributed by atoms with van der Waals surface area (Å²) in [6, 6.07) is 1.82. The Morgan fingerprint density at radius 2 is 2.12 bits per heavy atom. The predicted molar refractivity (Wildman–Crippen MR) is 53.4 cm³/mol. The second kappa shape index (κ2) is 5.17. The fraction of sp³-hybridized carbons (Fsp3) is 0.375. The fourth-order valence-corrected chi connectivity index (χ4v) is 1.88. The van der Waals surface area contributed by atoms with Crippen molar-refractivity contribution in [3.63, 3.8) is 0 Å². The molecular weight excluding hydrogens is 242 g/mol. The Morgan fingerprint density at radius 3 is 2.69 bits per heavy atom. The van der Waals surface area contributed by atoms with Crippen LogP contribution in [0.5, 0.6) is 0 Å². The maximum atomic E-state index is 13.0. The molecule has 0 aliphatic carbocycles. The molecule has 1 heterocycles. The van der Waals surface area contributed by atoms with E-state index in [1.807, 2.05) is 4.72 Å². The molecule has 0 spiro atoms. The molecule has 0 saturated carbocycles. The van der Waals surface area contributed by atoms with Crippen LogP contribution in [0, 0.1) is 11.9 Å². The van der Waals surface area contributed by atoms with Crippen molar-refractivity contribution < 1.29 is 21.9 Å². The van der Waals surface area contributed by atoms with Gasteiger partial charge in [0.15, 0.2) is 0 Å². The number of aromatic nitrogens is 1. The van der Waals surface area contributed by atoms with Crippen LogP contribution < -0.4 is 4.72 Å². The zero-order chi connectivity index (χ0) is 12.2. The van der Waals surface area contributed by atoms with E-state index in [1.54, 1.807) is 0 Å². The Balaban J connectivity index is 2.80. The summed E-state index contributed by atoms with van der Waals surface area (Å²) in [5.74, 6) is -2.54. The van der Waals surface area contributed by atoms with Crippen LogP contribution in [-0.4, -0.2) is 32.9 Å². The Labute approximate surface area is 91.5 Å². The number of nitrogens with one attached hydrogen (secondary N) is 1. The van der Waals surface area contributed by atoms with Gasteiger partial charge in [-0.25, -0.2) is 8.42 Å². The summed E-state index contributed by atoms with van der Waals surface area (Å²) in [6.45, 7) is -0.0222. The summed E-state index contributed by atoms with van der Waals surface area (Å²) in [4.78, 5) is 2.85. The normalized spacial score (nSPS) is 11.4. The number of anilines is 1. The predicted octanol–water partition coefficient (Wildman–Crippen LogP) is 0.748. The molecule has 5 nitrogen and oxygen atoms in total. The van der Waals surface area contributed by atoms with E-state index in [2.05, 4.69) is 9.72 Å². The molecule has 0 aliphatic rings. The summed E-state index contributed by atoms with van der Waals surface area (Å²) < 4.78 is 54.6. The Morgan fingerprint density at radius 1 is 1.44 bits per heavy atom. The Kier molecular flexibility index (Phi) is 4.13. The number of hydrogen-bond donors (Lipinski definition) is 1. The van der Waals surface area contributed by atoms with E-state index in [1.165, 1.54) is 7.11 Å². The number of sulfonamides is 1. The highest BCUT2D eigenvalue weighted by Gasteiger charge is 2.14. The molecular formula is C8H10F2N2O3S. The molecule has 0 atom stereocenters. The van der Waals surface area contributed by atoms with Crippen molar-refractivity contribution in [3.8, 4) is 0 Å². The van der Waals surface area contributed by atoms with Gasteiger partial charge in [0.2, 0.25) is 21.9 Å². The van der Waals surface area contributed by atoms with Gasteiger partial charge in [-0.05, 0) is 12.1 Å². The molecule has 0 aliphatic heterocycles. The summed E-state index contributed by atoms with van der Waals surface area (Å²) >= 11 is 0. The van der Waals surface area contributed by atoms with Crippen molar-refractivity contribution in [1.82, 2.24) is 4.98 Å². The zero-order valence-electron chi connectivity index (χ0n) is 8.41. The Bertz CT molecular complexity index is 464. The van der Waals surface area contributed by atoms with Gasteiger partial charge >= 0.3 is 0 Å². The lowest BCUT2D eigenvalue weighted by atomic mass is 10.4. The number of nitrogens with zero attached hydrogens (tertiary/aromatic N) is 1. The van der Waals surface area contributed by atoms with Crippen molar-refractivity contribution in [2.45, 2.75) is 0 Å². The van der Waals surface area contributed by atoms with Gasteiger partial charge in [-0.15, -0.1) is 0 Å². The van der Waals surface area contributed by atoms with Crippen LogP contribution in [0.1, 0.15) is 0 Å². The SMILES string of the molecule is COCCS(=O)(=O)Nc1ccc(F)nc1F. The summed E-state index contributed by atoms with van der Waals surface area (Å²) in [6.07, 6.45) is 0. The van der Waals surface area contributed by atoms with E-state index in [-0.39, 0.29) is 12.4 Å². The van der Waals surface area contributed by atoms with Crippen LogP contribution in [0.2, 0.25) is 0 Å². The number of ether oxygens (including phenoxy) is 1. The van der Waals surface area contributed by atoms with Gasteiger partial charge in [0, 0.05) is 7.11 Å². The highest BCUT2D eigenvalue weighted by atomic mass is 32.2. The Hall–Kier alpha value is -1.28. The first-order chi connectivity index (χ1) is 7.44. The lowest BCUT2D eigenvalue weighted by Gasteiger charge is -2.07. The molecule has 0 saturated heterocycles. The van der Waals surface area contributed by atoms with E-state index in [0.29, 0.717) is 0 Å². The van der Waals surface area contributed by atoms with Crippen LogP contribution >= 0.6 is 0 Å². The van der Waals surface area contributed by atoms with Crippen LogP contribution in [0.25, 0.3) is 0 Å². The molecule has 0 radical (unpaired) electrons. The number of methoxy groups -OCH3 is 1. The lowest BCUT2D eigenvalue weighted by molar-refractivity contribution is 0.217. The summed E-state index contributed by atoms with van der Waals surface area (Å²) in [5.41, 5.74) is -0.391. The number of halogens is 2. The van der Waals surface area contributed by atoms with Crippen LogP contribution in [-0.2, 0) is 14.8 Å². The molecule has 90 valence electrons. The molecule has 1 aromatic rings. The molecule has 1 rings (SSSR count). The molecule has 1 N–H and O–H groups in total. The van der Waals surface area contributed by atoms with Gasteiger partial charge in [-0.3, -0.25) is 4.72 Å². The third-order valence-corrected chi connectivity index (χ3v) is 2.87. The summed E-state index contributed by atoms with van der Waals surface area (Å²) in [5, 5.41) is 0. The zero-order valence-corrected chi connectivity index (χ0v) is 9.22. The third-order valence-electron chi connectivity index (χ3n) is 1.64. The smallest absolute Gasteiger partial charge is 0.239 e. The van der Waals surface area contributed by atoms with Crippen molar-refractivity contribution in [3.05, 3.63) is 24.0 Å². The molecule has 0 unspecified atom stereocenters. The second-order valence-electron chi connectivity index (χ2n) is 2.89. The van der Waals surface area contributed by atoms with E-state index >= 15 is 0 Å². The average molecular weight is 252 g/mol. The van der Waals surface area contributed by atoms with Crippen LogP contribution in [0.3, 0.4) is 0 Å². The third kappa shape index (κ3) is 3.70. The summed E-state index contributed by atoms with van der Waals surface area (Å²) in [7, 11) is -2.37. The maximum Gasteiger partial charge on any atom is 0.239 e. The van der Waals surface area contributed by atoms with E-state index in [9.17, 15) is 17.2 Å². The van der Waals surface area contributed by atoms with Gasteiger partial charge in [0.05, 0.1) is 12.4 Å². The first-order valence-electron chi connectivity index (χ1n) is 4.26.